The second-order valence-electron chi connectivity index (χ2n) is 21.2. The molecule has 3 atom stereocenters. The lowest BCUT2D eigenvalue weighted by Crippen LogP contribution is -2.17. The van der Waals surface area contributed by atoms with E-state index in [1.807, 2.05) is 57.2 Å². The molecular formula is C66H99O10P. The molecule has 0 aliphatic rings. The minimum atomic E-state index is -4.93. The summed E-state index contributed by atoms with van der Waals surface area (Å²) in [5.41, 5.74) is 5.16. The molecule has 3 unspecified atom stereocenters. The highest BCUT2D eigenvalue weighted by Gasteiger charge is 2.39. The van der Waals surface area contributed by atoms with Crippen molar-refractivity contribution in [2.24, 2.45) is 0 Å². The molecule has 0 saturated carbocycles. The lowest BCUT2D eigenvalue weighted by Gasteiger charge is -2.28. The molecule has 11 heteroatoms. The number of carbonyl (C=O) groups excluding carboxylic acids is 3. The van der Waals surface area contributed by atoms with Crippen molar-refractivity contribution < 1.29 is 46.7 Å². The van der Waals surface area contributed by atoms with Crippen LogP contribution in [0, 0.1) is 0 Å². The van der Waals surface area contributed by atoms with Crippen molar-refractivity contribution in [2.75, 3.05) is 0 Å². The van der Waals surface area contributed by atoms with Crippen LogP contribution >= 0.6 is 7.82 Å². The Kier molecular flexibility index (Phi) is 31.7. The van der Waals surface area contributed by atoms with E-state index in [-0.39, 0.29) is 34.0 Å². The highest BCUT2D eigenvalue weighted by atomic mass is 31.2. The summed E-state index contributed by atoms with van der Waals surface area (Å²) in [6.45, 7) is 29.2. The van der Waals surface area contributed by atoms with Crippen LogP contribution in [-0.2, 0) is 52.4 Å². The fourth-order valence-corrected chi connectivity index (χ4v) is 10.6. The van der Waals surface area contributed by atoms with E-state index in [0.29, 0.717) is 55.2 Å². The number of phosphoric acid groups is 1. The number of phosphoric ester groups is 1. The van der Waals surface area contributed by atoms with Gasteiger partial charge in [0.1, 0.15) is 35.6 Å². The zero-order valence-electron chi connectivity index (χ0n) is 49.2. The molecule has 0 aliphatic heterocycles. The van der Waals surface area contributed by atoms with Gasteiger partial charge >= 0.3 is 25.7 Å². The lowest BCUT2D eigenvalue weighted by atomic mass is 9.98. The Labute approximate surface area is 466 Å². The standard InChI is InChI=1S/C66H99O10P/c1-13-19-22-25-28-31-34-37-58(71-64(67)49(7)8)55-46-52(16-4)40-43-61(55)74-77(70,75-62-44-41-53(17-5)47-56(62)59(72-65(68)50(9)10)38-35-32-29-26-23-20-14-2)76-63-45-42-54(18-6)48-57(63)60(73-66(69)51(11)12)39-36-33-30-27-24-21-15-3/h40-48,58-60H,7,9,11,13-39H2,1-6,8,10,12H3. The van der Waals surface area contributed by atoms with E-state index in [0.717, 1.165) is 113 Å². The van der Waals surface area contributed by atoms with Gasteiger partial charge in [0.05, 0.1) is 0 Å². The van der Waals surface area contributed by atoms with Crippen molar-refractivity contribution >= 4 is 25.7 Å². The third-order valence-electron chi connectivity index (χ3n) is 14.1. The Morgan fingerprint density at radius 1 is 0.390 bits per heavy atom. The van der Waals surface area contributed by atoms with Crippen LogP contribution in [0.25, 0.3) is 0 Å². The first-order chi connectivity index (χ1) is 37.0. The normalized spacial score (nSPS) is 13.2. The van der Waals surface area contributed by atoms with Crippen LogP contribution in [-0.4, -0.2) is 17.9 Å². The molecule has 0 aromatic heterocycles. The largest absolute Gasteiger partial charge is 0.647 e. The molecule has 10 nitrogen and oxygen atoms in total. The number of aryl methyl sites for hydroxylation is 3. The molecule has 0 radical (unpaired) electrons. The predicted octanol–water partition coefficient (Wildman–Crippen LogP) is 19.9. The molecular weight excluding hydrogens is 984 g/mol. The van der Waals surface area contributed by atoms with Gasteiger partial charge in [-0.05, 0) is 132 Å². The van der Waals surface area contributed by atoms with Gasteiger partial charge < -0.3 is 27.8 Å². The highest BCUT2D eigenvalue weighted by molar-refractivity contribution is 7.49. The van der Waals surface area contributed by atoms with Crippen LogP contribution in [0.15, 0.2) is 91.1 Å². The maximum atomic E-state index is 16.4. The second kappa shape index (κ2) is 36.9. The Bertz CT molecular complexity index is 2090. The number of rotatable bonds is 42. The average molecular weight is 1080 g/mol. The topological polar surface area (TPSA) is 124 Å². The third-order valence-corrected chi connectivity index (χ3v) is 15.4. The molecule has 0 bridgehead atoms. The predicted molar refractivity (Wildman–Crippen MR) is 316 cm³/mol. The van der Waals surface area contributed by atoms with E-state index in [4.69, 9.17) is 27.8 Å². The van der Waals surface area contributed by atoms with Gasteiger partial charge in [-0.25, -0.2) is 14.4 Å². The van der Waals surface area contributed by atoms with E-state index in [2.05, 4.69) is 40.5 Å². The quantitative estimate of drug-likeness (QED) is 0.0178. The molecule has 3 rings (SSSR count). The Hall–Kier alpha value is -5.08. The summed E-state index contributed by atoms with van der Waals surface area (Å²) in [4.78, 5) is 40.4. The molecule has 3 aromatic carbocycles. The van der Waals surface area contributed by atoms with Crippen LogP contribution in [0.4, 0.5) is 0 Å². The first-order valence-electron chi connectivity index (χ1n) is 29.7. The van der Waals surface area contributed by atoms with Crippen LogP contribution in [0.1, 0.15) is 268 Å². The summed E-state index contributed by atoms with van der Waals surface area (Å²) >= 11 is 0. The van der Waals surface area contributed by atoms with Crippen LogP contribution in [0.3, 0.4) is 0 Å². The van der Waals surface area contributed by atoms with Gasteiger partial charge in [-0.1, -0.05) is 195 Å². The van der Waals surface area contributed by atoms with E-state index in [1.54, 1.807) is 39.0 Å². The fourth-order valence-electron chi connectivity index (χ4n) is 9.26. The van der Waals surface area contributed by atoms with Gasteiger partial charge in [-0.2, -0.15) is 4.57 Å². The molecule has 0 heterocycles. The molecule has 3 aromatic rings. The van der Waals surface area contributed by atoms with Crippen molar-refractivity contribution in [3.8, 4) is 17.2 Å². The van der Waals surface area contributed by atoms with Crippen molar-refractivity contribution in [3.63, 3.8) is 0 Å². The van der Waals surface area contributed by atoms with Crippen molar-refractivity contribution in [1.29, 1.82) is 0 Å². The summed E-state index contributed by atoms with van der Waals surface area (Å²) in [6.07, 6.45) is 23.4. The van der Waals surface area contributed by atoms with Crippen LogP contribution in [0.5, 0.6) is 17.2 Å². The van der Waals surface area contributed by atoms with Crippen molar-refractivity contribution in [3.05, 3.63) is 124 Å². The molecule has 77 heavy (non-hydrogen) atoms. The number of hydrogen-bond acceptors (Lipinski definition) is 10. The number of ether oxygens (including phenoxy) is 3. The minimum Gasteiger partial charge on any atom is -0.454 e. The van der Waals surface area contributed by atoms with Crippen molar-refractivity contribution in [2.45, 2.75) is 254 Å². The van der Waals surface area contributed by atoms with E-state index < -0.39 is 44.0 Å². The number of unbranched alkanes of at least 4 members (excludes halogenated alkanes) is 18. The van der Waals surface area contributed by atoms with Crippen molar-refractivity contribution in [1.82, 2.24) is 0 Å². The molecule has 428 valence electrons. The summed E-state index contributed by atoms with van der Waals surface area (Å²) in [6, 6.07) is 16.7. The molecule has 0 fully saturated rings. The van der Waals surface area contributed by atoms with Gasteiger partial charge in [0.2, 0.25) is 0 Å². The Balaban J connectivity index is 2.35. The number of esters is 3. The average Bonchev–Trinajstić information content (AvgIpc) is 3.41. The van der Waals surface area contributed by atoms with E-state index >= 15 is 4.57 Å². The molecule has 0 spiro atoms. The Morgan fingerprint density at radius 2 is 0.623 bits per heavy atom. The van der Waals surface area contributed by atoms with E-state index in [1.165, 1.54) is 38.5 Å². The minimum absolute atomic E-state index is 0.146. The SMILES string of the molecule is C=C(C)C(=O)OC(CCCCCCCCC)c1cc(CC)ccc1OP(=O)(Oc1ccc(CC)cc1C(CCCCCCCCC)OC(=O)C(=C)C)Oc1ccc(CC)cc1C(CCCCCCCCC)OC(=O)C(=C)C. The monoisotopic (exact) mass is 1080 g/mol. The fraction of sp³-hybridized carbons (Fsp3) is 0.591. The van der Waals surface area contributed by atoms with Gasteiger partial charge in [-0.3, -0.25) is 0 Å². The zero-order valence-corrected chi connectivity index (χ0v) is 50.1. The van der Waals surface area contributed by atoms with Gasteiger partial charge in [-0.15, -0.1) is 0 Å². The Morgan fingerprint density at radius 3 is 0.844 bits per heavy atom. The highest BCUT2D eigenvalue weighted by Crippen LogP contribution is 2.54. The van der Waals surface area contributed by atoms with Gasteiger partial charge in [0, 0.05) is 33.4 Å². The molecule has 0 N–H and O–H groups in total. The summed E-state index contributed by atoms with van der Waals surface area (Å²) < 4.78 is 55.6. The maximum Gasteiger partial charge on any atom is 0.647 e. The lowest BCUT2D eigenvalue weighted by molar-refractivity contribution is -0.146. The van der Waals surface area contributed by atoms with E-state index in [9.17, 15) is 14.4 Å². The second-order valence-corrected chi connectivity index (χ2v) is 22.6. The first-order valence-corrected chi connectivity index (χ1v) is 31.2. The van der Waals surface area contributed by atoms with Crippen LogP contribution in [0.2, 0.25) is 0 Å². The molecule has 0 saturated heterocycles. The van der Waals surface area contributed by atoms with Gasteiger partial charge in [0.25, 0.3) is 0 Å². The summed E-state index contributed by atoms with van der Waals surface area (Å²) in [5, 5.41) is 0. The molecule has 0 aliphatic carbocycles. The number of hydrogen-bond donors (Lipinski definition) is 0. The zero-order chi connectivity index (χ0) is 56.6. The smallest absolute Gasteiger partial charge is 0.454 e. The summed E-state index contributed by atoms with van der Waals surface area (Å²) in [7, 11) is -4.93. The number of benzene rings is 3. The number of carbonyl (C=O) groups is 3. The molecule has 0 amide bonds. The summed E-state index contributed by atoms with van der Waals surface area (Å²) in [5.74, 6) is -1.20. The van der Waals surface area contributed by atoms with Gasteiger partial charge in [0.15, 0.2) is 0 Å². The first kappa shape index (κ1) is 66.2. The third kappa shape index (κ3) is 24.2. The maximum absolute atomic E-state index is 16.4. The van der Waals surface area contributed by atoms with Crippen LogP contribution < -0.4 is 13.6 Å².